The van der Waals surface area contributed by atoms with Crippen molar-refractivity contribution in [2.45, 2.75) is 147 Å². The molecule has 3 aromatic carbocycles. The molecule has 8 amide bonds. The third-order valence-electron chi connectivity index (χ3n) is 14.7. The number of fused-ring (bicyclic) bond motifs is 1. The second-order valence-electron chi connectivity index (χ2n) is 21.2. The van der Waals surface area contributed by atoms with Gasteiger partial charge in [0.25, 0.3) is 11.8 Å². The van der Waals surface area contributed by atoms with Crippen LogP contribution in [0.3, 0.4) is 0 Å². The van der Waals surface area contributed by atoms with Crippen LogP contribution in [-0.4, -0.2) is 146 Å². The molecule has 2 heterocycles. The maximum atomic E-state index is 14.7. The van der Waals surface area contributed by atoms with Crippen molar-refractivity contribution < 1.29 is 47.9 Å². The highest BCUT2D eigenvalue weighted by molar-refractivity contribution is 6.01. The minimum Gasteiger partial charge on any atom is -0.469 e. The Kier molecular flexibility index (Phi) is 19.9. The summed E-state index contributed by atoms with van der Waals surface area (Å²) < 4.78 is 4.81. The lowest BCUT2D eigenvalue weighted by Gasteiger charge is -2.36. The zero-order chi connectivity index (χ0) is 55.4. The van der Waals surface area contributed by atoms with Crippen LogP contribution >= 0.6 is 0 Å². The Labute approximate surface area is 445 Å². The fourth-order valence-corrected chi connectivity index (χ4v) is 9.97. The van der Waals surface area contributed by atoms with Gasteiger partial charge in [-0.3, -0.25) is 43.2 Å². The van der Waals surface area contributed by atoms with E-state index in [2.05, 4.69) is 42.5 Å². The van der Waals surface area contributed by atoms with Crippen LogP contribution in [0.5, 0.6) is 0 Å². The van der Waals surface area contributed by atoms with Gasteiger partial charge < -0.3 is 57.1 Å². The SMILES string of the molecule is CN[C@@H](C)C(=O)N[C@@H](CCC(=O)OC)C(=O)N1C[C@@H](NC(=O)c2cccc(C(=O)N[C@H]3C[C@@H](C(=O)N[C@@H]4CCCc5ccccc54)N(C(=O)[C@@H](NC(=O)[C@H](C)NC)C(C)(C)C)C3)c2)CC1C(=O)N[C@H](C)c1ccccc1. The van der Waals surface area contributed by atoms with Gasteiger partial charge in [-0.25, -0.2) is 0 Å². The number of hydrogen-bond acceptors (Lipinski definition) is 12. The largest absolute Gasteiger partial charge is 0.469 e. The molecule has 2 fully saturated rings. The van der Waals surface area contributed by atoms with Crippen LogP contribution in [0.25, 0.3) is 0 Å². The smallest absolute Gasteiger partial charge is 0.305 e. The number of aryl methyl sites for hydroxylation is 1. The molecular weight excluding hydrogens is 973 g/mol. The molecule has 0 radical (unpaired) electrons. The molecule has 8 N–H and O–H groups in total. The van der Waals surface area contributed by atoms with E-state index < -0.39 is 101 Å². The summed E-state index contributed by atoms with van der Waals surface area (Å²) in [6.45, 7) is 10.4. The number of amides is 8. The molecule has 0 saturated carbocycles. The number of likely N-dealkylation sites (tertiary alicyclic amines) is 2. The molecule has 1 aliphatic carbocycles. The first-order chi connectivity index (χ1) is 36.1. The van der Waals surface area contributed by atoms with Gasteiger partial charge >= 0.3 is 5.97 Å². The normalized spacial score (nSPS) is 21.1. The maximum absolute atomic E-state index is 14.7. The van der Waals surface area contributed by atoms with Gasteiger partial charge in [0.1, 0.15) is 24.2 Å². The lowest BCUT2D eigenvalue weighted by Crippen LogP contribution is -2.59. The van der Waals surface area contributed by atoms with Crippen molar-refractivity contribution in [3.05, 3.63) is 107 Å². The van der Waals surface area contributed by atoms with Gasteiger partial charge in [-0.05, 0) is 114 Å². The highest BCUT2D eigenvalue weighted by Crippen LogP contribution is 2.32. The summed E-state index contributed by atoms with van der Waals surface area (Å²) >= 11 is 0. The summed E-state index contributed by atoms with van der Waals surface area (Å²) in [7, 11) is 4.44. The van der Waals surface area contributed by atoms with Gasteiger partial charge in [-0.2, -0.15) is 0 Å². The van der Waals surface area contributed by atoms with Crippen molar-refractivity contribution in [1.29, 1.82) is 0 Å². The van der Waals surface area contributed by atoms with Gasteiger partial charge in [0.2, 0.25) is 35.4 Å². The van der Waals surface area contributed by atoms with Crippen LogP contribution in [0.2, 0.25) is 0 Å². The van der Waals surface area contributed by atoms with Crippen LogP contribution in [0, 0.1) is 5.41 Å². The van der Waals surface area contributed by atoms with E-state index >= 15 is 0 Å². The Bertz CT molecular complexity index is 2610. The summed E-state index contributed by atoms with van der Waals surface area (Å²) in [6.07, 6.45) is 2.24. The molecule has 410 valence electrons. The van der Waals surface area contributed by atoms with E-state index in [1.807, 2.05) is 75.4 Å². The predicted octanol–water partition coefficient (Wildman–Crippen LogP) is 2.34. The van der Waals surface area contributed by atoms with E-state index in [1.54, 1.807) is 40.9 Å². The van der Waals surface area contributed by atoms with E-state index in [4.69, 9.17) is 4.74 Å². The number of nitrogens with one attached hydrogen (secondary N) is 8. The van der Waals surface area contributed by atoms with Crippen molar-refractivity contribution in [3.8, 4) is 0 Å². The summed E-state index contributed by atoms with van der Waals surface area (Å²) in [6, 6.07) is 15.4. The topological polar surface area (TPSA) is 266 Å². The highest BCUT2D eigenvalue weighted by atomic mass is 16.5. The molecule has 3 aromatic rings. The molecule has 10 atom stereocenters. The van der Waals surface area contributed by atoms with Crippen LogP contribution < -0.4 is 42.5 Å². The third kappa shape index (κ3) is 14.6. The predicted molar refractivity (Wildman–Crippen MR) is 284 cm³/mol. The molecule has 3 aliphatic rings. The van der Waals surface area contributed by atoms with E-state index in [-0.39, 0.29) is 67.8 Å². The fourth-order valence-electron chi connectivity index (χ4n) is 9.97. The number of ether oxygens (including phenoxy) is 1. The number of benzene rings is 3. The number of nitrogens with zero attached hydrogens (tertiary/aromatic N) is 2. The van der Waals surface area contributed by atoms with Gasteiger partial charge in [0, 0.05) is 42.7 Å². The third-order valence-corrected chi connectivity index (χ3v) is 14.7. The minimum atomic E-state index is -1.22. The molecule has 6 rings (SSSR count). The standard InChI is InChI=1S/C56H76N10O10/c1-32(35-17-11-10-12-18-35)59-52(72)44-28-39(30-65(44)54(74)43(25-26-46(67)76-9)63-48(68)33(2)57-7)60-50(70)37-21-15-22-38(27-37)51(71)61-40-29-45(53(73)62-42-24-16-20-36-19-13-14-23-41(36)42)66(31-40)55(75)47(56(4,5)6)64-49(69)34(3)58-8/h10-15,17-19,21-23,27,32-34,39-40,42-45,47,57-58H,16,20,24-26,28-31H2,1-9H3,(H,59,72)(H,60,70)(H,61,71)(H,62,73)(H,63,68)(H,64,69)/t32-,33+,34+,39+,40+,42-,43+,44?,45+,47-/m1/s1. The van der Waals surface area contributed by atoms with Gasteiger partial charge in [-0.1, -0.05) is 81.4 Å². The van der Waals surface area contributed by atoms with E-state index in [0.29, 0.717) is 6.42 Å². The fraction of sp³-hybridized carbons (Fsp3) is 0.518. The Morgan fingerprint density at radius 3 is 1.79 bits per heavy atom. The van der Waals surface area contributed by atoms with Gasteiger partial charge in [0.15, 0.2) is 0 Å². The molecule has 20 nitrogen and oxygen atoms in total. The Morgan fingerprint density at radius 1 is 0.658 bits per heavy atom. The zero-order valence-electron chi connectivity index (χ0n) is 45.1. The number of carbonyl (C=O) groups excluding carboxylic acids is 9. The first-order valence-corrected chi connectivity index (χ1v) is 26.2. The number of likely N-dealkylation sites (N-methyl/N-ethyl adjacent to an activating group) is 2. The monoisotopic (exact) mass is 1050 g/mol. The van der Waals surface area contributed by atoms with E-state index in [0.717, 1.165) is 29.5 Å². The number of rotatable bonds is 20. The van der Waals surface area contributed by atoms with Crippen molar-refractivity contribution in [2.75, 3.05) is 34.3 Å². The molecule has 2 aliphatic heterocycles. The molecule has 20 heteroatoms. The Hall–Kier alpha value is -7.19. The molecule has 76 heavy (non-hydrogen) atoms. The first-order valence-electron chi connectivity index (χ1n) is 26.2. The summed E-state index contributed by atoms with van der Waals surface area (Å²) in [5.74, 6) is -4.60. The lowest BCUT2D eigenvalue weighted by molar-refractivity contribution is -0.144. The maximum Gasteiger partial charge on any atom is 0.305 e. The number of hydrogen-bond donors (Lipinski definition) is 8. The van der Waals surface area contributed by atoms with Crippen LogP contribution in [-0.2, 0) is 44.7 Å². The minimum absolute atomic E-state index is 0.00274. The lowest BCUT2D eigenvalue weighted by atomic mass is 9.85. The van der Waals surface area contributed by atoms with Gasteiger partial charge in [0.05, 0.1) is 31.3 Å². The number of methoxy groups -OCH3 is 1. The van der Waals surface area contributed by atoms with Crippen LogP contribution in [0.4, 0.5) is 0 Å². The second-order valence-corrected chi connectivity index (χ2v) is 21.2. The molecule has 0 aromatic heterocycles. The molecule has 0 bridgehead atoms. The zero-order valence-corrected chi connectivity index (χ0v) is 45.1. The van der Waals surface area contributed by atoms with Crippen molar-refractivity contribution in [3.63, 3.8) is 0 Å². The molecule has 2 saturated heterocycles. The average Bonchev–Trinajstić information content (AvgIpc) is 4.05. The second kappa shape index (κ2) is 26.0. The van der Waals surface area contributed by atoms with E-state index in [9.17, 15) is 43.2 Å². The van der Waals surface area contributed by atoms with E-state index in [1.165, 1.54) is 35.1 Å². The Morgan fingerprint density at radius 2 is 1.21 bits per heavy atom. The summed E-state index contributed by atoms with van der Waals surface area (Å²) in [5, 5.41) is 23.5. The molecule has 0 spiro atoms. The highest BCUT2D eigenvalue weighted by Gasteiger charge is 2.47. The average molecular weight is 1050 g/mol. The summed E-state index contributed by atoms with van der Waals surface area (Å²) in [4.78, 5) is 127. The summed E-state index contributed by atoms with van der Waals surface area (Å²) in [5.41, 5.74) is 2.45. The Balaban J connectivity index is 1.20. The van der Waals surface area contributed by atoms with Crippen molar-refractivity contribution in [1.82, 2.24) is 52.3 Å². The van der Waals surface area contributed by atoms with Gasteiger partial charge in [-0.15, -0.1) is 0 Å². The number of carbonyl (C=O) groups is 9. The quantitative estimate of drug-likeness (QED) is 0.0759. The van der Waals surface area contributed by atoms with Crippen LogP contribution in [0.1, 0.15) is 130 Å². The van der Waals surface area contributed by atoms with Crippen molar-refractivity contribution in [2.24, 2.45) is 5.41 Å². The first kappa shape index (κ1) is 58.1. The van der Waals surface area contributed by atoms with Crippen LogP contribution in [0.15, 0.2) is 78.9 Å². The number of esters is 1. The molecule has 1 unspecified atom stereocenters. The van der Waals surface area contributed by atoms with Crippen molar-refractivity contribution >= 4 is 53.2 Å². The molecular formula is C56H76N10O10.